The van der Waals surface area contributed by atoms with E-state index in [-0.39, 0.29) is 6.54 Å². The maximum Gasteiger partial charge on any atom is 0.315 e. The Morgan fingerprint density at radius 2 is 2.19 bits per heavy atom. The van der Waals surface area contributed by atoms with Gasteiger partial charge in [-0.15, -0.1) is 0 Å². The van der Waals surface area contributed by atoms with E-state index in [1.807, 2.05) is 31.2 Å². The minimum absolute atomic E-state index is 0.0377. The van der Waals surface area contributed by atoms with Crippen molar-refractivity contribution >= 4 is 16.9 Å². The van der Waals surface area contributed by atoms with Gasteiger partial charge in [-0.1, -0.05) is 18.2 Å². The molecule has 3 N–H and O–H groups in total. The van der Waals surface area contributed by atoms with Crippen molar-refractivity contribution in [3.05, 3.63) is 35.6 Å². The molecule has 1 aromatic carbocycles. The number of carboxylic acid groups (broad SMARTS) is 1. The molecule has 1 atom stereocenters. The fraction of sp³-hybridized carbons (Fsp3) is 0.250. The van der Waals surface area contributed by atoms with Crippen LogP contribution in [0.3, 0.4) is 0 Å². The van der Waals surface area contributed by atoms with Crippen molar-refractivity contribution in [2.75, 3.05) is 6.54 Å². The molecule has 1 heterocycles. The molecular weight excluding hydrogens is 206 g/mol. The van der Waals surface area contributed by atoms with E-state index in [1.54, 1.807) is 0 Å². The minimum atomic E-state index is -0.954. The monoisotopic (exact) mass is 219 g/mol. The first kappa shape index (κ1) is 10.7. The standard InChI is InChI=1S/C12H13NO3/c1-7-8-4-2-3-5-10(8)16-11(7)9(6-13)12(14)15/h2-5,9H,6,13H2,1H3,(H,14,15). The van der Waals surface area contributed by atoms with Gasteiger partial charge in [0.25, 0.3) is 0 Å². The summed E-state index contributed by atoms with van der Waals surface area (Å²) in [6.07, 6.45) is 0. The Hall–Kier alpha value is -1.81. The fourth-order valence-electron chi connectivity index (χ4n) is 1.85. The summed E-state index contributed by atoms with van der Waals surface area (Å²) in [6.45, 7) is 1.89. The van der Waals surface area contributed by atoms with Crippen LogP contribution in [0.25, 0.3) is 11.0 Å². The molecule has 1 unspecified atom stereocenters. The topological polar surface area (TPSA) is 76.5 Å². The molecule has 0 bridgehead atoms. The predicted octanol–water partition coefficient (Wildman–Crippen LogP) is 1.87. The van der Waals surface area contributed by atoms with Crippen LogP contribution in [0.4, 0.5) is 0 Å². The first-order valence-corrected chi connectivity index (χ1v) is 5.06. The number of aryl methyl sites for hydroxylation is 1. The lowest BCUT2D eigenvalue weighted by Crippen LogP contribution is -2.21. The van der Waals surface area contributed by atoms with Crippen LogP contribution in [0.2, 0.25) is 0 Å². The Morgan fingerprint density at radius 3 is 2.75 bits per heavy atom. The number of rotatable bonds is 3. The van der Waals surface area contributed by atoms with Crippen molar-refractivity contribution < 1.29 is 14.3 Å². The Labute approximate surface area is 92.7 Å². The molecule has 84 valence electrons. The van der Waals surface area contributed by atoms with E-state index < -0.39 is 11.9 Å². The first-order valence-electron chi connectivity index (χ1n) is 5.06. The molecule has 0 amide bonds. The van der Waals surface area contributed by atoms with Gasteiger partial charge >= 0.3 is 5.97 Å². The Kier molecular flexibility index (Phi) is 2.66. The summed E-state index contributed by atoms with van der Waals surface area (Å²) in [7, 11) is 0. The first-order chi connectivity index (χ1) is 7.65. The molecular formula is C12H13NO3. The number of furan rings is 1. The third-order valence-electron chi connectivity index (χ3n) is 2.73. The molecule has 16 heavy (non-hydrogen) atoms. The average molecular weight is 219 g/mol. The van der Waals surface area contributed by atoms with Gasteiger partial charge in [0, 0.05) is 11.9 Å². The van der Waals surface area contributed by atoms with Crippen molar-refractivity contribution in [3.8, 4) is 0 Å². The molecule has 0 fully saturated rings. The van der Waals surface area contributed by atoms with E-state index in [9.17, 15) is 4.79 Å². The Morgan fingerprint density at radius 1 is 1.50 bits per heavy atom. The zero-order valence-electron chi connectivity index (χ0n) is 8.93. The molecule has 0 aliphatic rings. The largest absolute Gasteiger partial charge is 0.481 e. The van der Waals surface area contributed by atoms with E-state index >= 15 is 0 Å². The van der Waals surface area contributed by atoms with Crippen LogP contribution in [0.5, 0.6) is 0 Å². The Bertz CT molecular complexity index is 530. The molecule has 0 radical (unpaired) electrons. The van der Waals surface area contributed by atoms with E-state index in [0.717, 1.165) is 10.9 Å². The second-order valence-corrected chi connectivity index (χ2v) is 3.71. The van der Waals surface area contributed by atoms with Crippen LogP contribution in [-0.4, -0.2) is 17.6 Å². The number of benzene rings is 1. The lowest BCUT2D eigenvalue weighted by atomic mass is 10.0. The molecule has 0 aliphatic heterocycles. The van der Waals surface area contributed by atoms with Gasteiger partial charge in [-0.05, 0) is 18.6 Å². The number of hydrogen-bond donors (Lipinski definition) is 2. The third-order valence-corrected chi connectivity index (χ3v) is 2.73. The smallest absolute Gasteiger partial charge is 0.315 e. The second-order valence-electron chi connectivity index (χ2n) is 3.71. The summed E-state index contributed by atoms with van der Waals surface area (Å²) >= 11 is 0. The van der Waals surface area contributed by atoms with Gasteiger partial charge in [-0.3, -0.25) is 4.79 Å². The lowest BCUT2D eigenvalue weighted by Gasteiger charge is -2.06. The highest BCUT2D eigenvalue weighted by Gasteiger charge is 2.25. The summed E-state index contributed by atoms with van der Waals surface area (Å²) in [5.41, 5.74) is 7.01. The highest BCUT2D eigenvalue weighted by molar-refractivity contribution is 5.85. The third kappa shape index (κ3) is 1.57. The van der Waals surface area contributed by atoms with E-state index in [4.69, 9.17) is 15.3 Å². The van der Waals surface area contributed by atoms with Gasteiger partial charge in [0.2, 0.25) is 0 Å². The lowest BCUT2D eigenvalue weighted by molar-refractivity contribution is -0.138. The van der Waals surface area contributed by atoms with Gasteiger partial charge in [0.15, 0.2) is 0 Å². The predicted molar refractivity (Wildman–Crippen MR) is 60.4 cm³/mol. The van der Waals surface area contributed by atoms with Crippen LogP contribution in [-0.2, 0) is 4.79 Å². The number of hydrogen-bond acceptors (Lipinski definition) is 3. The number of carboxylic acids is 1. The molecule has 4 heteroatoms. The van der Waals surface area contributed by atoms with Crippen molar-refractivity contribution in [1.29, 1.82) is 0 Å². The molecule has 0 spiro atoms. The van der Waals surface area contributed by atoms with Crippen LogP contribution >= 0.6 is 0 Å². The average Bonchev–Trinajstić information content (AvgIpc) is 2.58. The second kappa shape index (κ2) is 3.98. The van der Waals surface area contributed by atoms with Crippen LogP contribution in [0, 0.1) is 6.92 Å². The fourth-order valence-corrected chi connectivity index (χ4v) is 1.85. The Balaban J connectivity index is 2.60. The minimum Gasteiger partial charge on any atom is -0.481 e. The summed E-state index contributed by atoms with van der Waals surface area (Å²) < 4.78 is 5.55. The van der Waals surface area contributed by atoms with E-state index in [0.29, 0.717) is 11.3 Å². The molecule has 0 aliphatic carbocycles. The number of para-hydroxylation sites is 1. The molecule has 2 rings (SSSR count). The zero-order chi connectivity index (χ0) is 11.7. The number of nitrogens with two attached hydrogens (primary N) is 1. The molecule has 0 saturated heterocycles. The van der Waals surface area contributed by atoms with Gasteiger partial charge in [0.1, 0.15) is 17.3 Å². The number of fused-ring (bicyclic) bond motifs is 1. The molecule has 1 aromatic heterocycles. The quantitative estimate of drug-likeness (QED) is 0.826. The zero-order valence-corrected chi connectivity index (χ0v) is 8.93. The van der Waals surface area contributed by atoms with E-state index in [1.165, 1.54) is 0 Å². The SMILES string of the molecule is Cc1c(C(CN)C(=O)O)oc2ccccc12. The van der Waals surface area contributed by atoms with Crippen molar-refractivity contribution in [1.82, 2.24) is 0 Å². The van der Waals surface area contributed by atoms with Crippen LogP contribution < -0.4 is 5.73 Å². The maximum absolute atomic E-state index is 11.0. The van der Waals surface area contributed by atoms with Crippen molar-refractivity contribution in [2.24, 2.45) is 5.73 Å². The normalized spacial score (nSPS) is 12.9. The van der Waals surface area contributed by atoms with Gasteiger partial charge in [-0.25, -0.2) is 0 Å². The van der Waals surface area contributed by atoms with Crippen molar-refractivity contribution in [3.63, 3.8) is 0 Å². The maximum atomic E-state index is 11.0. The number of aliphatic carboxylic acids is 1. The highest BCUT2D eigenvalue weighted by atomic mass is 16.4. The summed E-state index contributed by atoms with van der Waals surface area (Å²) in [5, 5.41) is 9.98. The summed E-state index contributed by atoms with van der Waals surface area (Å²) in [5.74, 6) is -1.27. The van der Waals surface area contributed by atoms with Crippen LogP contribution in [0.1, 0.15) is 17.2 Å². The molecule has 4 nitrogen and oxygen atoms in total. The van der Waals surface area contributed by atoms with Crippen molar-refractivity contribution in [2.45, 2.75) is 12.8 Å². The molecule has 0 saturated carbocycles. The van der Waals surface area contributed by atoms with Gasteiger partial charge in [-0.2, -0.15) is 0 Å². The van der Waals surface area contributed by atoms with E-state index in [2.05, 4.69) is 0 Å². The van der Waals surface area contributed by atoms with Crippen LogP contribution in [0.15, 0.2) is 28.7 Å². The molecule has 2 aromatic rings. The number of carbonyl (C=O) groups is 1. The summed E-state index contributed by atoms with van der Waals surface area (Å²) in [6, 6.07) is 7.48. The van der Waals surface area contributed by atoms with Gasteiger partial charge < -0.3 is 15.3 Å². The van der Waals surface area contributed by atoms with Gasteiger partial charge in [0.05, 0.1) is 0 Å². The highest BCUT2D eigenvalue weighted by Crippen LogP contribution is 2.29. The summed E-state index contributed by atoms with van der Waals surface area (Å²) in [4.78, 5) is 11.0.